The van der Waals surface area contributed by atoms with E-state index in [0.717, 1.165) is 0 Å². The zero-order valence-electron chi connectivity index (χ0n) is 6.95. The van der Waals surface area contributed by atoms with Crippen LogP contribution in [0.5, 0.6) is 0 Å². The molecule has 1 aromatic rings. The van der Waals surface area contributed by atoms with Crippen molar-refractivity contribution >= 4 is 6.09 Å². The minimum atomic E-state index is -0.296. The summed E-state index contributed by atoms with van der Waals surface area (Å²) >= 11 is 0. The Bertz CT molecular complexity index is 296. The number of amides is 1. The Morgan fingerprint density at radius 2 is 2.15 bits per heavy atom. The third-order valence-corrected chi connectivity index (χ3v) is 1.29. The average molecular weight is 182 g/mol. The van der Waals surface area contributed by atoms with Crippen LogP contribution in [0.2, 0.25) is 0 Å². The molecule has 0 radical (unpaired) electrons. The molecule has 0 bridgehead atoms. The molecule has 1 amide bonds. The number of carbonyl (C=O) groups excluding carboxylic acids is 1. The number of rotatable bonds is 0. The first-order valence-electron chi connectivity index (χ1n) is 3.83. The van der Waals surface area contributed by atoms with Crippen LogP contribution in [0.4, 0.5) is 4.79 Å². The van der Waals surface area contributed by atoms with Gasteiger partial charge in [0.1, 0.15) is 6.61 Å². The molecule has 0 spiro atoms. The van der Waals surface area contributed by atoms with Gasteiger partial charge in [-0.05, 0) is 6.07 Å². The zero-order valence-corrected chi connectivity index (χ0v) is 6.95. The van der Waals surface area contributed by atoms with Gasteiger partial charge in [0, 0.05) is 12.3 Å². The molecule has 5 nitrogen and oxygen atoms in total. The Kier molecular flexibility index (Phi) is 3.56. The number of aromatic amines is 1. The van der Waals surface area contributed by atoms with Crippen molar-refractivity contribution in [2.75, 3.05) is 13.2 Å². The van der Waals surface area contributed by atoms with Crippen molar-refractivity contribution in [2.24, 2.45) is 0 Å². The molecule has 2 N–H and O–H groups in total. The third kappa shape index (κ3) is 3.95. The van der Waals surface area contributed by atoms with E-state index >= 15 is 0 Å². The Morgan fingerprint density at radius 3 is 2.38 bits per heavy atom. The van der Waals surface area contributed by atoms with Crippen molar-refractivity contribution in [2.45, 2.75) is 0 Å². The Hall–Kier alpha value is -1.78. The van der Waals surface area contributed by atoms with Gasteiger partial charge in [-0.2, -0.15) is 0 Å². The van der Waals surface area contributed by atoms with E-state index in [1.54, 1.807) is 18.3 Å². The number of nitrogens with one attached hydrogen (secondary N) is 2. The van der Waals surface area contributed by atoms with E-state index in [1.807, 2.05) is 0 Å². The quantitative estimate of drug-likeness (QED) is 0.597. The summed E-state index contributed by atoms with van der Waals surface area (Å²) in [5.41, 5.74) is -0.0532. The number of pyridine rings is 1. The van der Waals surface area contributed by atoms with Crippen molar-refractivity contribution in [1.29, 1.82) is 0 Å². The first kappa shape index (κ1) is 9.31. The van der Waals surface area contributed by atoms with E-state index in [0.29, 0.717) is 13.2 Å². The van der Waals surface area contributed by atoms with Crippen molar-refractivity contribution in [1.82, 2.24) is 10.3 Å². The van der Waals surface area contributed by atoms with Gasteiger partial charge in [0.25, 0.3) is 0 Å². The van der Waals surface area contributed by atoms with Crippen LogP contribution in [0, 0.1) is 0 Å². The van der Waals surface area contributed by atoms with Crippen LogP contribution in [0.3, 0.4) is 0 Å². The molecule has 1 aliphatic heterocycles. The molecular formula is C8H10N2O3. The number of H-pyrrole nitrogens is 1. The van der Waals surface area contributed by atoms with Gasteiger partial charge < -0.3 is 15.0 Å². The van der Waals surface area contributed by atoms with Crippen molar-refractivity contribution in [3.63, 3.8) is 0 Å². The van der Waals surface area contributed by atoms with Gasteiger partial charge in [-0.1, -0.05) is 6.07 Å². The van der Waals surface area contributed by atoms with E-state index in [2.05, 4.69) is 15.0 Å². The Labute approximate surface area is 74.7 Å². The lowest BCUT2D eigenvalue weighted by molar-refractivity contribution is 0.178. The van der Waals surface area contributed by atoms with Gasteiger partial charge in [-0.15, -0.1) is 0 Å². The van der Waals surface area contributed by atoms with E-state index < -0.39 is 0 Å². The highest BCUT2D eigenvalue weighted by molar-refractivity contribution is 5.68. The molecule has 5 heteroatoms. The topological polar surface area (TPSA) is 71.2 Å². The molecule has 70 valence electrons. The monoisotopic (exact) mass is 182 g/mol. The predicted molar refractivity (Wildman–Crippen MR) is 46.4 cm³/mol. The lowest BCUT2D eigenvalue weighted by Crippen LogP contribution is -2.11. The highest BCUT2D eigenvalue weighted by atomic mass is 16.6. The molecule has 2 rings (SSSR count). The highest BCUT2D eigenvalue weighted by Crippen LogP contribution is 1.82. The number of aromatic nitrogens is 1. The summed E-state index contributed by atoms with van der Waals surface area (Å²) in [6, 6.07) is 4.93. The van der Waals surface area contributed by atoms with Crippen molar-refractivity contribution in [3.05, 3.63) is 34.7 Å². The van der Waals surface area contributed by atoms with E-state index in [1.165, 1.54) is 6.07 Å². The summed E-state index contributed by atoms with van der Waals surface area (Å²) in [6.45, 7) is 1.19. The molecule has 0 unspecified atom stereocenters. The fraction of sp³-hybridized carbons (Fsp3) is 0.250. The predicted octanol–water partition coefficient (Wildman–Crippen LogP) is 0.101. The molecule has 1 aliphatic rings. The minimum absolute atomic E-state index is 0.0532. The summed E-state index contributed by atoms with van der Waals surface area (Å²) in [4.78, 5) is 22.6. The second kappa shape index (κ2) is 4.97. The van der Waals surface area contributed by atoms with E-state index in [4.69, 9.17) is 0 Å². The molecule has 0 aliphatic carbocycles. The van der Waals surface area contributed by atoms with Crippen LogP contribution in [0.1, 0.15) is 0 Å². The van der Waals surface area contributed by atoms with Gasteiger partial charge in [0.2, 0.25) is 5.56 Å². The maximum absolute atomic E-state index is 10.2. The summed E-state index contributed by atoms with van der Waals surface area (Å²) in [7, 11) is 0. The van der Waals surface area contributed by atoms with Crippen LogP contribution in [0.25, 0.3) is 0 Å². The second-order valence-corrected chi connectivity index (χ2v) is 2.29. The standard InChI is InChI=1S/C5H5NO.C3H5NO2/c7-5-3-1-2-4-6-5;5-3-4-1-2-6-3/h1-4H,(H,6,7);1-2H2,(H,4,5). The molecule has 1 saturated heterocycles. The SMILES string of the molecule is O=C1NCCO1.O=c1cccc[nH]1. The number of alkyl carbamates (subject to hydrolysis) is 1. The van der Waals surface area contributed by atoms with E-state index in [-0.39, 0.29) is 11.7 Å². The first-order chi connectivity index (χ1) is 6.29. The van der Waals surface area contributed by atoms with Crippen molar-refractivity contribution < 1.29 is 9.53 Å². The van der Waals surface area contributed by atoms with Gasteiger partial charge in [-0.3, -0.25) is 4.79 Å². The number of hydrogen-bond donors (Lipinski definition) is 2. The van der Waals surface area contributed by atoms with Crippen LogP contribution in [-0.4, -0.2) is 24.2 Å². The van der Waals surface area contributed by atoms with Gasteiger partial charge in [-0.25, -0.2) is 4.79 Å². The molecule has 0 atom stereocenters. The zero-order chi connectivity index (χ0) is 9.52. The fourth-order valence-corrected chi connectivity index (χ4v) is 0.725. The maximum Gasteiger partial charge on any atom is 0.407 e. The van der Waals surface area contributed by atoms with Gasteiger partial charge >= 0.3 is 6.09 Å². The Balaban J connectivity index is 0.000000132. The first-order valence-corrected chi connectivity index (χ1v) is 3.83. The maximum atomic E-state index is 10.2. The highest BCUT2D eigenvalue weighted by Gasteiger charge is 2.06. The van der Waals surface area contributed by atoms with Crippen LogP contribution in [-0.2, 0) is 4.74 Å². The number of cyclic esters (lactones) is 1. The summed E-state index contributed by atoms with van der Waals surface area (Å²) < 4.78 is 4.40. The van der Waals surface area contributed by atoms with Gasteiger partial charge in [0.05, 0.1) is 6.54 Å². The molecule has 1 fully saturated rings. The molecule has 13 heavy (non-hydrogen) atoms. The minimum Gasteiger partial charge on any atom is -0.448 e. The largest absolute Gasteiger partial charge is 0.448 e. The van der Waals surface area contributed by atoms with Crippen LogP contribution >= 0.6 is 0 Å². The molecule has 0 aromatic carbocycles. The van der Waals surface area contributed by atoms with Crippen LogP contribution in [0.15, 0.2) is 29.2 Å². The smallest absolute Gasteiger partial charge is 0.407 e. The molecule has 2 heterocycles. The fourth-order valence-electron chi connectivity index (χ4n) is 0.725. The molecule has 0 saturated carbocycles. The molecular weight excluding hydrogens is 172 g/mol. The summed E-state index contributed by atoms with van der Waals surface area (Å²) in [5.74, 6) is 0. The van der Waals surface area contributed by atoms with Crippen molar-refractivity contribution in [3.8, 4) is 0 Å². The van der Waals surface area contributed by atoms with Crippen LogP contribution < -0.4 is 10.9 Å². The summed E-state index contributed by atoms with van der Waals surface area (Å²) in [6.07, 6.45) is 1.30. The Morgan fingerprint density at radius 1 is 1.31 bits per heavy atom. The average Bonchev–Trinajstić information content (AvgIpc) is 2.58. The third-order valence-electron chi connectivity index (χ3n) is 1.29. The lowest BCUT2D eigenvalue weighted by atomic mass is 10.5. The lowest BCUT2D eigenvalue weighted by Gasteiger charge is -1.80. The number of ether oxygens (including phenoxy) is 1. The number of carbonyl (C=O) groups is 1. The van der Waals surface area contributed by atoms with E-state index in [9.17, 15) is 9.59 Å². The summed E-state index contributed by atoms with van der Waals surface area (Å²) in [5, 5.41) is 2.46. The second-order valence-electron chi connectivity index (χ2n) is 2.29. The normalized spacial score (nSPS) is 13.7. The molecule has 1 aromatic heterocycles. The number of hydrogen-bond acceptors (Lipinski definition) is 3. The van der Waals surface area contributed by atoms with Gasteiger partial charge in [0.15, 0.2) is 0 Å².